The van der Waals surface area contributed by atoms with Crippen molar-refractivity contribution in [2.24, 2.45) is 5.92 Å². The summed E-state index contributed by atoms with van der Waals surface area (Å²) in [6, 6.07) is 23.3. The fourth-order valence-corrected chi connectivity index (χ4v) is 4.61. The fraction of sp³-hybridized carbons (Fsp3) is 0.200. The summed E-state index contributed by atoms with van der Waals surface area (Å²) in [6.07, 6.45) is 3.65. The van der Waals surface area contributed by atoms with E-state index in [0.29, 0.717) is 30.0 Å². The highest BCUT2D eigenvalue weighted by atomic mass is 16.3. The molecule has 1 N–H and O–H groups in total. The van der Waals surface area contributed by atoms with E-state index in [1.165, 1.54) is 0 Å². The Morgan fingerprint density at radius 1 is 0.935 bits per heavy atom. The molecule has 2 aromatic heterocycles. The second kappa shape index (κ2) is 7.89. The van der Waals surface area contributed by atoms with Gasteiger partial charge in [-0.3, -0.25) is 9.78 Å². The first-order chi connectivity index (χ1) is 15.2. The van der Waals surface area contributed by atoms with Crippen molar-refractivity contribution in [2.45, 2.75) is 25.0 Å². The van der Waals surface area contributed by atoms with Crippen LogP contribution >= 0.6 is 0 Å². The van der Waals surface area contributed by atoms with Gasteiger partial charge < -0.3 is 9.67 Å². The minimum Gasteiger partial charge on any atom is -0.380 e. The molecule has 1 aliphatic rings. The molecule has 2 aromatic carbocycles. The van der Waals surface area contributed by atoms with Crippen molar-refractivity contribution in [2.75, 3.05) is 0 Å². The van der Waals surface area contributed by atoms with Gasteiger partial charge in [-0.1, -0.05) is 60.7 Å². The number of carbonyl (C=O) groups excluding carboxylic acids is 1. The molecule has 0 spiro atoms. The molecule has 1 aliphatic heterocycles. The summed E-state index contributed by atoms with van der Waals surface area (Å²) < 4.78 is 2.04. The molecule has 0 saturated carbocycles. The molecule has 0 saturated heterocycles. The number of rotatable bonds is 5. The molecule has 31 heavy (non-hydrogen) atoms. The number of hydrogen-bond donors (Lipinski definition) is 1. The lowest BCUT2D eigenvalue weighted by Gasteiger charge is -2.39. The monoisotopic (exact) mass is 410 g/mol. The minimum absolute atomic E-state index is 0.0683. The topological polar surface area (TPSA) is 80.9 Å². The standard InChI is InChI=1S/C25H22N4O2/c30-17-22-21(12-7-14-26-22)24-28-27-23-16-20(13-15-29(23)24)25(31,18-8-3-1-4-9-18)19-10-5-2-6-11-19/h1-12,14,17,20,31H,13,15-16H2. The number of aldehydes is 1. The predicted octanol–water partition coefficient (Wildman–Crippen LogP) is 3.65. The first kappa shape index (κ1) is 19.3. The number of nitrogens with zero attached hydrogens (tertiary/aromatic N) is 4. The number of benzene rings is 2. The van der Waals surface area contributed by atoms with Crippen molar-refractivity contribution in [3.8, 4) is 11.4 Å². The van der Waals surface area contributed by atoms with Crippen LogP contribution in [0.25, 0.3) is 11.4 Å². The van der Waals surface area contributed by atoms with Gasteiger partial charge in [0.05, 0.1) is 0 Å². The van der Waals surface area contributed by atoms with E-state index in [1.807, 2.05) is 71.3 Å². The average molecular weight is 410 g/mol. The van der Waals surface area contributed by atoms with Crippen LogP contribution in [0.4, 0.5) is 0 Å². The molecule has 0 aliphatic carbocycles. The Labute approximate surface area is 180 Å². The van der Waals surface area contributed by atoms with Crippen molar-refractivity contribution in [1.82, 2.24) is 19.7 Å². The highest BCUT2D eigenvalue weighted by Gasteiger charge is 2.42. The third-order valence-corrected chi connectivity index (χ3v) is 6.17. The zero-order valence-electron chi connectivity index (χ0n) is 16.9. The highest BCUT2D eigenvalue weighted by Crippen LogP contribution is 2.42. The highest BCUT2D eigenvalue weighted by molar-refractivity contribution is 5.83. The molecule has 6 nitrogen and oxygen atoms in total. The van der Waals surface area contributed by atoms with E-state index in [9.17, 15) is 9.90 Å². The first-order valence-corrected chi connectivity index (χ1v) is 10.4. The van der Waals surface area contributed by atoms with Crippen molar-refractivity contribution in [3.05, 3.63) is 102 Å². The van der Waals surface area contributed by atoms with Crippen molar-refractivity contribution in [3.63, 3.8) is 0 Å². The Kier molecular flexibility index (Phi) is 4.92. The summed E-state index contributed by atoms with van der Waals surface area (Å²) in [5.41, 5.74) is 1.63. The number of fused-ring (bicyclic) bond motifs is 1. The van der Waals surface area contributed by atoms with Gasteiger partial charge in [-0.05, 0) is 29.7 Å². The van der Waals surface area contributed by atoms with Gasteiger partial charge in [0, 0.05) is 30.6 Å². The fourth-order valence-electron chi connectivity index (χ4n) is 4.61. The Morgan fingerprint density at radius 3 is 2.26 bits per heavy atom. The Morgan fingerprint density at radius 2 is 1.61 bits per heavy atom. The molecule has 1 unspecified atom stereocenters. The molecule has 3 heterocycles. The van der Waals surface area contributed by atoms with Crippen LogP contribution < -0.4 is 0 Å². The lowest BCUT2D eigenvalue weighted by molar-refractivity contribution is 0.00417. The van der Waals surface area contributed by atoms with E-state index in [4.69, 9.17) is 0 Å². The zero-order chi connectivity index (χ0) is 21.3. The van der Waals surface area contributed by atoms with Gasteiger partial charge in [0.25, 0.3) is 0 Å². The molecule has 0 amide bonds. The molecule has 4 aromatic rings. The Balaban J connectivity index is 1.55. The summed E-state index contributed by atoms with van der Waals surface area (Å²) in [4.78, 5) is 15.6. The third kappa shape index (κ3) is 3.25. The number of aliphatic hydroxyl groups is 1. The maximum absolute atomic E-state index is 12.1. The van der Waals surface area contributed by atoms with Crippen LogP contribution in [-0.4, -0.2) is 31.1 Å². The largest absolute Gasteiger partial charge is 0.380 e. The SMILES string of the molecule is O=Cc1ncccc1-c1nnc2n1CCC(C(O)(c1ccccc1)c1ccccc1)C2. The van der Waals surface area contributed by atoms with Crippen molar-refractivity contribution < 1.29 is 9.90 Å². The summed E-state index contributed by atoms with van der Waals surface area (Å²) >= 11 is 0. The molecule has 0 bridgehead atoms. The van der Waals surface area contributed by atoms with Crippen LogP contribution in [0, 0.1) is 5.92 Å². The third-order valence-electron chi connectivity index (χ3n) is 6.17. The second-order valence-electron chi connectivity index (χ2n) is 7.83. The maximum Gasteiger partial charge on any atom is 0.169 e. The van der Waals surface area contributed by atoms with Gasteiger partial charge in [0.2, 0.25) is 0 Å². The van der Waals surface area contributed by atoms with Gasteiger partial charge >= 0.3 is 0 Å². The van der Waals surface area contributed by atoms with Crippen LogP contribution in [0.2, 0.25) is 0 Å². The van der Waals surface area contributed by atoms with Crippen molar-refractivity contribution in [1.29, 1.82) is 0 Å². The predicted molar refractivity (Wildman–Crippen MR) is 116 cm³/mol. The summed E-state index contributed by atoms with van der Waals surface area (Å²) in [6.45, 7) is 0.650. The normalized spacial score (nSPS) is 16.0. The zero-order valence-corrected chi connectivity index (χ0v) is 16.9. The first-order valence-electron chi connectivity index (χ1n) is 10.4. The van der Waals surface area contributed by atoms with Gasteiger partial charge in [0.15, 0.2) is 12.1 Å². The number of pyridine rings is 1. The van der Waals surface area contributed by atoms with E-state index in [-0.39, 0.29) is 5.92 Å². The summed E-state index contributed by atoms with van der Waals surface area (Å²) in [7, 11) is 0. The molecule has 0 fully saturated rings. The van der Waals surface area contributed by atoms with E-state index in [2.05, 4.69) is 15.2 Å². The van der Waals surface area contributed by atoms with Gasteiger partial charge in [-0.2, -0.15) is 0 Å². The maximum atomic E-state index is 12.1. The van der Waals surface area contributed by atoms with Crippen LogP contribution in [-0.2, 0) is 18.6 Å². The van der Waals surface area contributed by atoms with Crippen LogP contribution in [0.15, 0.2) is 79.0 Å². The smallest absolute Gasteiger partial charge is 0.169 e. The van der Waals surface area contributed by atoms with E-state index >= 15 is 0 Å². The minimum atomic E-state index is -1.14. The average Bonchev–Trinajstić information content (AvgIpc) is 3.27. The molecule has 154 valence electrons. The van der Waals surface area contributed by atoms with Crippen molar-refractivity contribution >= 4 is 6.29 Å². The second-order valence-corrected chi connectivity index (χ2v) is 7.83. The molecular weight excluding hydrogens is 388 g/mol. The molecule has 5 rings (SSSR count). The van der Waals surface area contributed by atoms with Crippen LogP contribution in [0.1, 0.15) is 33.9 Å². The van der Waals surface area contributed by atoms with Gasteiger partial charge in [-0.25, -0.2) is 0 Å². The quantitative estimate of drug-likeness (QED) is 0.508. The Hall–Kier alpha value is -3.64. The lowest BCUT2D eigenvalue weighted by Crippen LogP contribution is -2.40. The lowest BCUT2D eigenvalue weighted by atomic mass is 9.72. The molecular formula is C25H22N4O2. The number of carbonyl (C=O) groups is 1. The summed E-state index contributed by atoms with van der Waals surface area (Å²) in [5.74, 6) is 1.38. The van der Waals surface area contributed by atoms with Gasteiger partial charge in [-0.15, -0.1) is 10.2 Å². The molecule has 1 atom stereocenters. The van der Waals surface area contributed by atoms with E-state index in [0.717, 1.165) is 29.7 Å². The van der Waals surface area contributed by atoms with E-state index in [1.54, 1.807) is 12.3 Å². The molecule has 0 radical (unpaired) electrons. The summed E-state index contributed by atoms with van der Waals surface area (Å²) in [5, 5.41) is 20.9. The van der Waals surface area contributed by atoms with Gasteiger partial charge in [0.1, 0.15) is 17.1 Å². The van der Waals surface area contributed by atoms with E-state index < -0.39 is 5.60 Å². The number of aromatic nitrogens is 4. The molecule has 6 heteroatoms. The number of hydrogen-bond acceptors (Lipinski definition) is 5. The Bertz CT molecular complexity index is 1170. The van der Waals surface area contributed by atoms with Crippen LogP contribution in [0.3, 0.4) is 0 Å². The van der Waals surface area contributed by atoms with Crippen LogP contribution in [0.5, 0.6) is 0 Å².